The lowest BCUT2D eigenvalue weighted by Crippen LogP contribution is -2.26. The normalized spacial score (nSPS) is 15.7. The zero-order valence-corrected chi connectivity index (χ0v) is 21.7. The van der Waals surface area contributed by atoms with Crippen molar-refractivity contribution in [3.05, 3.63) is 68.3 Å². The Morgan fingerprint density at radius 1 is 1.08 bits per heavy atom. The monoisotopic (exact) mass is 516 g/mol. The molecular formula is C28H32N6O2S. The Hall–Kier alpha value is -3.43. The SMILES string of the molecule is O=C1c2cc3nc(-c4c(NCCc5cccs5)cc[nH]c4=O)[nH]c3cc2CN1CCCCN1CCCC1. The maximum absolute atomic E-state index is 13.1. The van der Waals surface area contributed by atoms with Crippen LogP contribution in [0.15, 0.2) is 46.7 Å². The van der Waals surface area contributed by atoms with Gasteiger partial charge in [-0.25, -0.2) is 4.98 Å². The van der Waals surface area contributed by atoms with Crippen LogP contribution < -0.4 is 10.9 Å². The van der Waals surface area contributed by atoms with Crippen LogP contribution in [0, 0.1) is 0 Å². The summed E-state index contributed by atoms with van der Waals surface area (Å²) in [6.07, 6.45) is 7.31. The van der Waals surface area contributed by atoms with Gasteiger partial charge in [0.05, 0.1) is 16.7 Å². The summed E-state index contributed by atoms with van der Waals surface area (Å²) < 4.78 is 0. The van der Waals surface area contributed by atoms with Crippen molar-refractivity contribution in [2.45, 2.75) is 38.6 Å². The fraction of sp³-hybridized carbons (Fsp3) is 0.393. The van der Waals surface area contributed by atoms with Crippen molar-refractivity contribution in [1.82, 2.24) is 24.8 Å². The van der Waals surface area contributed by atoms with Crippen LogP contribution in [-0.2, 0) is 13.0 Å². The maximum Gasteiger partial charge on any atom is 0.261 e. The quantitative estimate of drug-likeness (QED) is 0.270. The Kier molecular flexibility index (Phi) is 6.80. The number of carbonyl (C=O) groups excluding carboxylic acids is 1. The van der Waals surface area contributed by atoms with E-state index in [-0.39, 0.29) is 11.5 Å². The standard InChI is InChI=1S/C28H32N6O2S/c35-27-25(22(8-10-30-27)29-9-7-20-6-5-15-37-20)26-31-23-16-19-18-34(28(36)21(19)17-24(23)32-26)14-4-3-13-33-11-1-2-12-33/h5-6,8,10,15-17H,1-4,7,9,11-14,18H2,(H,31,32)(H2,29,30,35). The molecule has 192 valence electrons. The van der Waals surface area contributed by atoms with E-state index in [0.29, 0.717) is 30.0 Å². The van der Waals surface area contributed by atoms with Gasteiger partial charge in [-0.3, -0.25) is 9.59 Å². The number of carbonyl (C=O) groups is 1. The molecule has 1 fully saturated rings. The molecule has 5 heterocycles. The minimum absolute atomic E-state index is 0.0797. The molecule has 0 saturated carbocycles. The Bertz CT molecular complexity index is 1450. The van der Waals surface area contributed by atoms with E-state index in [1.54, 1.807) is 17.5 Å². The number of pyridine rings is 1. The first-order chi connectivity index (χ1) is 18.2. The highest BCUT2D eigenvalue weighted by Crippen LogP contribution is 2.30. The first kappa shape index (κ1) is 23.9. The first-order valence-corrected chi connectivity index (χ1v) is 14.1. The molecule has 0 unspecified atom stereocenters. The van der Waals surface area contributed by atoms with Crippen molar-refractivity contribution >= 4 is 34.0 Å². The molecule has 3 aromatic heterocycles. The number of amides is 1. The van der Waals surface area contributed by atoms with Gasteiger partial charge in [-0.1, -0.05) is 6.07 Å². The summed E-state index contributed by atoms with van der Waals surface area (Å²) in [6.45, 7) is 5.70. The van der Waals surface area contributed by atoms with Crippen LogP contribution >= 0.6 is 11.3 Å². The lowest BCUT2D eigenvalue weighted by atomic mass is 10.1. The average molecular weight is 517 g/mol. The molecule has 4 aromatic rings. The number of hydrogen-bond donors (Lipinski definition) is 3. The van der Waals surface area contributed by atoms with E-state index in [1.165, 1.54) is 30.8 Å². The van der Waals surface area contributed by atoms with Crippen molar-refractivity contribution in [1.29, 1.82) is 0 Å². The van der Waals surface area contributed by atoms with Crippen LogP contribution in [0.2, 0.25) is 0 Å². The summed E-state index contributed by atoms with van der Waals surface area (Å²) in [5.41, 5.74) is 4.30. The van der Waals surface area contributed by atoms with Crippen LogP contribution in [0.5, 0.6) is 0 Å². The maximum atomic E-state index is 13.1. The number of aromatic nitrogens is 3. The summed E-state index contributed by atoms with van der Waals surface area (Å²) in [6, 6.07) is 9.91. The van der Waals surface area contributed by atoms with Crippen LogP contribution in [0.4, 0.5) is 5.69 Å². The lowest BCUT2D eigenvalue weighted by molar-refractivity contribution is 0.0774. The van der Waals surface area contributed by atoms with E-state index in [2.05, 4.69) is 31.6 Å². The zero-order valence-electron chi connectivity index (χ0n) is 20.9. The molecule has 8 nitrogen and oxygen atoms in total. The molecule has 2 aliphatic heterocycles. The van der Waals surface area contributed by atoms with Crippen molar-refractivity contribution in [3.8, 4) is 11.4 Å². The fourth-order valence-electron chi connectivity index (χ4n) is 5.46. The van der Waals surface area contributed by atoms with Gasteiger partial charge in [-0.05, 0) is 86.9 Å². The van der Waals surface area contributed by atoms with Gasteiger partial charge in [-0.15, -0.1) is 11.3 Å². The number of nitrogens with zero attached hydrogens (tertiary/aromatic N) is 3. The van der Waals surface area contributed by atoms with E-state index >= 15 is 0 Å². The van der Waals surface area contributed by atoms with Crippen molar-refractivity contribution in [2.24, 2.45) is 0 Å². The molecular weight excluding hydrogens is 484 g/mol. The summed E-state index contributed by atoms with van der Waals surface area (Å²) in [5.74, 6) is 0.585. The van der Waals surface area contributed by atoms with Crippen LogP contribution in [-0.4, -0.2) is 63.4 Å². The molecule has 0 aliphatic carbocycles. The number of hydrogen-bond acceptors (Lipinski definition) is 6. The topological polar surface area (TPSA) is 97.1 Å². The first-order valence-electron chi connectivity index (χ1n) is 13.2. The third-order valence-corrected chi connectivity index (χ3v) is 8.34. The number of likely N-dealkylation sites (tertiary alicyclic amines) is 1. The third kappa shape index (κ3) is 5.06. The van der Waals surface area contributed by atoms with E-state index in [1.807, 2.05) is 29.2 Å². The van der Waals surface area contributed by atoms with E-state index < -0.39 is 0 Å². The van der Waals surface area contributed by atoms with Crippen molar-refractivity contribution in [2.75, 3.05) is 38.0 Å². The largest absolute Gasteiger partial charge is 0.384 e. The molecule has 2 aliphatic rings. The predicted molar refractivity (Wildman–Crippen MR) is 148 cm³/mol. The summed E-state index contributed by atoms with van der Waals surface area (Å²) >= 11 is 1.73. The number of benzene rings is 1. The fourth-order valence-corrected chi connectivity index (χ4v) is 6.17. The van der Waals surface area contributed by atoms with Crippen LogP contribution in [0.3, 0.4) is 0 Å². The van der Waals surface area contributed by atoms with Gasteiger partial charge in [0.2, 0.25) is 0 Å². The number of anilines is 1. The highest BCUT2D eigenvalue weighted by molar-refractivity contribution is 7.09. The molecule has 37 heavy (non-hydrogen) atoms. The molecule has 0 radical (unpaired) electrons. The van der Waals surface area contributed by atoms with Crippen LogP contribution in [0.25, 0.3) is 22.4 Å². The van der Waals surface area contributed by atoms with Gasteiger partial charge in [-0.2, -0.15) is 0 Å². The van der Waals surface area contributed by atoms with Gasteiger partial charge in [0, 0.05) is 36.3 Å². The second kappa shape index (κ2) is 10.5. The molecule has 0 bridgehead atoms. The van der Waals surface area contributed by atoms with Crippen molar-refractivity contribution < 1.29 is 4.79 Å². The van der Waals surface area contributed by atoms with Gasteiger partial charge in [0.1, 0.15) is 11.4 Å². The zero-order chi connectivity index (χ0) is 25.2. The predicted octanol–water partition coefficient (Wildman–Crippen LogP) is 4.47. The molecule has 9 heteroatoms. The van der Waals surface area contributed by atoms with Gasteiger partial charge >= 0.3 is 0 Å². The van der Waals surface area contributed by atoms with E-state index in [0.717, 1.165) is 54.7 Å². The molecule has 1 saturated heterocycles. The summed E-state index contributed by atoms with van der Waals surface area (Å²) in [7, 11) is 0. The highest BCUT2D eigenvalue weighted by Gasteiger charge is 2.28. The van der Waals surface area contributed by atoms with Gasteiger partial charge in [0.15, 0.2) is 0 Å². The number of imidazole rings is 1. The number of unbranched alkanes of at least 4 members (excludes halogenated alkanes) is 1. The molecule has 3 N–H and O–H groups in total. The molecule has 1 amide bonds. The Balaban J connectivity index is 1.16. The minimum atomic E-state index is -0.205. The van der Waals surface area contributed by atoms with Crippen LogP contribution in [0.1, 0.15) is 46.5 Å². The van der Waals surface area contributed by atoms with Crippen molar-refractivity contribution in [3.63, 3.8) is 0 Å². The molecule has 6 rings (SSSR count). The molecule has 0 atom stereocenters. The number of rotatable bonds is 10. The number of H-pyrrole nitrogens is 2. The third-order valence-electron chi connectivity index (χ3n) is 7.40. The Morgan fingerprint density at radius 3 is 2.78 bits per heavy atom. The second-order valence-corrected chi connectivity index (χ2v) is 11.0. The second-order valence-electron chi connectivity index (χ2n) is 9.95. The summed E-state index contributed by atoms with van der Waals surface area (Å²) in [4.78, 5) is 42.5. The molecule has 1 aromatic carbocycles. The number of thiophene rings is 1. The number of fused-ring (bicyclic) bond motifs is 2. The molecule has 0 spiro atoms. The Labute approximate surface area is 219 Å². The van der Waals surface area contributed by atoms with Gasteiger partial charge < -0.3 is 25.1 Å². The Morgan fingerprint density at radius 2 is 1.95 bits per heavy atom. The number of nitrogens with one attached hydrogen (secondary N) is 3. The highest BCUT2D eigenvalue weighted by atomic mass is 32.1. The van der Waals surface area contributed by atoms with Gasteiger partial charge in [0.25, 0.3) is 11.5 Å². The van der Waals surface area contributed by atoms with E-state index in [4.69, 9.17) is 4.98 Å². The summed E-state index contributed by atoms with van der Waals surface area (Å²) in [5, 5.41) is 5.47. The smallest absolute Gasteiger partial charge is 0.261 e. The minimum Gasteiger partial charge on any atom is -0.384 e. The lowest BCUT2D eigenvalue weighted by Gasteiger charge is -2.17. The average Bonchev–Trinajstić information content (AvgIpc) is 3.70. The van der Waals surface area contributed by atoms with E-state index in [9.17, 15) is 9.59 Å². The number of aromatic amines is 2.